The van der Waals surface area contributed by atoms with E-state index in [-0.39, 0.29) is 43.0 Å². The Morgan fingerprint density at radius 1 is 0.245 bits per heavy atom. The first-order valence-electron chi connectivity index (χ1n) is 17.3. The molecule has 0 spiro atoms. The molecule has 2 nitrogen and oxygen atoms in total. The van der Waals surface area contributed by atoms with Gasteiger partial charge in [-0.1, -0.05) is 72.8 Å². The fraction of sp³-hybridized carbons (Fsp3) is 0. The molecule has 8 aromatic rings. The molecule has 258 valence electrons. The third-order valence-electron chi connectivity index (χ3n) is 8.35. The van der Waals surface area contributed by atoms with E-state index in [9.17, 15) is 0 Å². The van der Waals surface area contributed by atoms with E-state index in [2.05, 4.69) is 218 Å². The Hall–Kier alpha value is -5.21. The molecule has 8 aromatic carbocycles. The Morgan fingerprint density at radius 2 is 0.472 bits per heavy atom. The molecular formula is C48H36IO2S2+. The van der Waals surface area contributed by atoms with Crippen LogP contribution in [0.25, 0.3) is 0 Å². The van der Waals surface area contributed by atoms with Crippen molar-refractivity contribution in [2.45, 2.75) is 29.4 Å². The van der Waals surface area contributed by atoms with Gasteiger partial charge in [-0.25, -0.2) is 0 Å². The van der Waals surface area contributed by atoms with Crippen molar-refractivity contribution in [1.82, 2.24) is 0 Å². The summed E-state index contributed by atoms with van der Waals surface area (Å²) < 4.78 is 15.2. The van der Waals surface area contributed by atoms with Crippen LogP contribution in [0.1, 0.15) is 0 Å². The summed E-state index contributed by atoms with van der Waals surface area (Å²) >= 11 is -0.341. The van der Waals surface area contributed by atoms with Crippen molar-refractivity contribution in [1.29, 1.82) is 0 Å². The minimum absolute atomic E-state index is 0.179. The van der Waals surface area contributed by atoms with Crippen LogP contribution in [-0.2, 0) is 21.8 Å². The van der Waals surface area contributed by atoms with Gasteiger partial charge in [-0.15, -0.1) is 0 Å². The Balaban J connectivity index is 0.882. The Labute approximate surface area is 328 Å². The maximum atomic E-state index is 6.27. The second-order valence-corrected chi connectivity index (χ2v) is 19.1. The molecule has 0 radical (unpaired) electrons. The first kappa shape index (κ1) is 34.9. The van der Waals surface area contributed by atoms with E-state index >= 15 is 0 Å². The van der Waals surface area contributed by atoms with Gasteiger partial charge in [-0.3, -0.25) is 0 Å². The van der Waals surface area contributed by atoms with Gasteiger partial charge < -0.3 is 0 Å². The van der Waals surface area contributed by atoms with Gasteiger partial charge >= 0.3 is 258 Å². The minimum atomic E-state index is -0.341. The smallest absolute Gasteiger partial charge is 0.0572 e. The van der Waals surface area contributed by atoms with Crippen molar-refractivity contribution in [3.05, 3.63) is 226 Å². The van der Waals surface area contributed by atoms with Crippen LogP contribution in [0.2, 0.25) is 0 Å². The number of ether oxygens (including phenoxy) is 2. The molecule has 53 heavy (non-hydrogen) atoms. The fourth-order valence-electron chi connectivity index (χ4n) is 5.86. The van der Waals surface area contributed by atoms with E-state index in [0.717, 1.165) is 23.0 Å². The molecule has 0 atom stereocenters. The molecule has 0 amide bonds. The molecule has 0 aliphatic rings. The minimum Gasteiger partial charge on any atom is -0.0572 e. The molecule has 0 unspecified atom stereocenters. The normalized spacial score (nSPS) is 11.1. The molecular weight excluding hydrogens is 800 g/mol. The summed E-state index contributed by atoms with van der Waals surface area (Å²) in [5.41, 5.74) is 0. The Bertz CT molecular complexity index is 2070. The van der Waals surface area contributed by atoms with Crippen LogP contribution in [0, 0.1) is 7.14 Å². The summed E-state index contributed by atoms with van der Waals surface area (Å²) in [5, 5.41) is 0. The summed E-state index contributed by atoms with van der Waals surface area (Å²) in [5.74, 6) is 3.34. The average Bonchev–Trinajstić information content (AvgIpc) is 3.22. The predicted octanol–water partition coefficient (Wildman–Crippen LogP) is 9.59. The SMILES string of the molecule is c1ccc([S+](c2ccccc2)c2ccc(Oc3ccc([I-]c4ccc(Oc5ccc([S+](c6ccccc6)c6ccccc6)cc5)cc4)cc3)cc2)cc1. The van der Waals surface area contributed by atoms with Gasteiger partial charge in [0.15, 0.2) is 0 Å². The average molecular weight is 836 g/mol. The molecule has 0 saturated carbocycles. The molecule has 8 rings (SSSR count). The van der Waals surface area contributed by atoms with Gasteiger partial charge in [-0.2, -0.15) is 0 Å². The van der Waals surface area contributed by atoms with Gasteiger partial charge in [0.25, 0.3) is 0 Å². The van der Waals surface area contributed by atoms with Gasteiger partial charge in [0, 0.05) is 0 Å². The first-order chi connectivity index (χ1) is 26.2. The summed E-state index contributed by atoms with van der Waals surface area (Å²) in [6.07, 6.45) is 0. The van der Waals surface area contributed by atoms with Gasteiger partial charge in [-0.05, 0) is 0 Å². The molecule has 0 heterocycles. The molecule has 0 bridgehead atoms. The van der Waals surface area contributed by atoms with Crippen LogP contribution >= 0.6 is 0 Å². The standard InChI is InChI=1S/C48H36IO2S2/c1-5-13-43(14-6-1)52(44-15-7-2-8-16-44)47-33-29-41(30-34-47)50-39-25-21-37(22-26-39)49-38-23-27-40(28-24-38)51-42-31-35-48(36-32-42)53(45-17-9-3-10-18-45)46-19-11-4-12-20-46/h1-36H/q+1. The van der Waals surface area contributed by atoms with E-state index in [0.29, 0.717) is 0 Å². The second kappa shape index (κ2) is 17.1. The van der Waals surface area contributed by atoms with Crippen LogP contribution in [0.4, 0.5) is 0 Å². The second-order valence-electron chi connectivity index (χ2n) is 12.0. The monoisotopic (exact) mass is 835 g/mol. The number of rotatable bonds is 12. The maximum absolute atomic E-state index is 6.27. The molecule has 0 aromatic heterocycles. The molecule has 0 N–H and O–H groups in total. The number of benzene rings is 8. The quantitative estimate of drug-likeness (QED) is 0.0903. The summed E-state index contributed by atoms with van der Waals surface area (Å²) in [6.45, 7) is 0. The van der Waals surface area contributed by atoms with Crippen LogP contribution < -0.4 is 30.7 Å². The zero-order valence-corrected chi connectivity index (χ0v) is 32.6. The number of hydrogen-bond donors (Lipinski definition) is 0. The van der Waals surface area contributed by atoms with Crippen molar-refractivity contribution >= 4 is 21.8 Å². The summed E-state index contributed by atoms with van der Waals surface area (Å²) in [6, 6.07) is 76.9. The fourth-order valence-corrected chi connectivity index (χ4v) is 12.2. The van der Waals surface area contributed by atoms with Gasteiger partial charge in [0.2, 0.25) is 0 Å². The van der Waals surface area contributed by atoms with Crippen LogP contribution in [0.5, 0.6) is 23.0 Å². The third kappa shape index (κ3) is 8.88. The molecule has 0 fully saturated rings. The van der Waals surface area contributed by atoms with E-state index in [1.807, 2.05) is 0 Å². The molecule has 0 aliphatic carbocycles. The van der Waals surface area contributed by atoms with Crippen LogP contribution in [0.3, 0.4) is 0 Å². The molecule has 0 aliphatic heterocycles. The van der Waals surface area contributed by atoms with Gasteiger partial charge in [0.1, 0.15) is 0 Å². The predicted molar refractivity (Wildman–Crippen MR) is 213 cm³/mol. The van der Waals surface area contributed by atoms with E-state index in [4.69, 9.17) is 9.47 Å². The van der Waals surface area contributed by atoms with Crippen LogP contribution in [0.15, 0.2) is 248 Å². The van der Waals surface area contributed by atoms with Crippen molar-refractivity contribution in [3.63, 3.8) is 0 Å². The zero-order chi connectivity index (χ0) is 35.7. The number of hydrogen-bond acceptors (Lipinski definition) is 2. The molecule has 0 saturated heterocycles. The Morgan fingerprint density at radius 3 is 0.736 bits per heavy atom. The van der Waals surface area contributed by atoms with Crippen molar-refractivity contribution in [2.24, 2.45) is 0 Å². The van der Waals surface area contributed by atoms with Crippen molar-refractivity contribution in [3.8, 4) is 23.0 Å². The van der Waals surface area contributed by atoms with Crippen LogP contribution in [-0.4, -0.2) is 0 Å². The van der Waals surface area contributed by atoms with Crippen molar-refractivity contribution < 1.29 is 30.7 Å². The van der Waals surface area contributed by atoms with Crippen molar-refractivity contribution in [2.75, 3.05) is 0 Å². The van der Waals surface area contributed by atoms with E-state index in [1.54, 1.807) is 0 Å². The molecule has 5 heteroatoms. The van der Waals surface area contributed by atoms with Gasteiger partial charge in [0.05, 0.1) is 0 Å². The number of halogens is 1. The summed E-state index contributed by atoms with van der Waals surface area (Å²) in [4.78, 5) is 7.73. The Kier molecular flexibility index (Phi) is 11.2. The topological polar surface area (TPSA) is 18.5 Å². The third-order valence-corrected chi connectivity index (χ3v) is 15.5. The zero-order valence-electron chi connectivity index (χ0n) is 28.8. The first-order valence-corrected chi connectivity index (χ1v) is 22.0. The van der Waals surface area contributed by atoms with E-state index < -0.39 is 0 Å². The van der Waals surface area contributed by atoms with E-state index in [1.165, 1.54) is 36.5 Å². The summed E-state index contributed by atoms with van der Waals surface area (Å²) in [7, 11) is -0.357.